The number of rotatable bonds is 6. The Labute approximate surface area is 175 Å². The summed E-state index contributed by atoms with van der Waals surface area (Å²) in [6, 6.07) is 9.80. The van der Waals surface area contributed by atoms with E-state index in [9.17, 15) is 4.79 Å². The SMILES string of the molecule is Cc1cc2nc(C)c(CCC(=O)N[C@@H](C)c3ccc(-n4cncn4)cc3)c(C)n2n1. The van der Waals surface area contributed by atoms with Crippen LogP contribution in [-0.2, 0) is 11.2 Å². The molecule has 4 aromatic rings. The Morgan fingerprint density at radius 2 is 1.93 bits per heavy atom. The maximum Gasteiger partial charge on any atom is 0.220 e. The average molecular weight is 403 g/mol. The third-order valence-electron chi connectivity index (χ3n) is 5.34. The van der Waals surface area contributed by atoms with E-state index in [1.54, 1.807) is 11.0 Å². The van der Waals surface area contributed by atoms with Crippen LogP contribution in [0.1, 0.15) is 47.6 Å². The summed E-state index contributed by atoms with van der Waals surface area (Å²) >= 11 is 0. The Balaban J connectivity index is 1.39. The van der Waals surface area contributed by atoms with E-state index >= 15 is 0 Å². The molecule has 154 valence electrons. The highest BCUT2D eigenvalue weighted by atomic mass is 16.1. The predicted molar refractivity (Wildman–Crippen MR) is 113 cm³/mol. The Bertz CT molecular complexity index is 1180. The van der Waals surface area contributed by atoms with E-state index in [0.29, 0.717) is 12.8 Å². The molecule has 4 rings (SSSR count). The lowest BCUT2D eigenvalue weighted by Crippen LogP contribution is -2.27. The molecule has 1 N–H and O–H groups in total. The molecule has 0 saturated carbocycles. The van der Waals surface area contributed by atoms with Gasteiger partial charge in [0, 0.05) is 23.9 Å². The lowest BCUT2D eigenvalue weighted by Gasteiger charge is -2.16. The Hall–Kier alpha value is -3.55. The normalized spacial score (nSPS) is 12.3. The predicted octanol–water partition coefficient (Wildman–Crippen LogP) is 3.05. The fourth-order valence-electron chi connectivity index (χ4n) is 3.70. The zero-order valence-electron chi connectivity index (χ0n) is 17.6. The second-order valence-electron chi connectivity index (χ2n) is 7.54. The van der Waals surface area contributed by atoms with Crippen LogP contribution in [0.5, 0.6) is 0 Å². The third kappa shape index (κ3) is 3.94. The minimum absolute atomic E-state index is 0.0124. The largest absolute Gasteiger partial charge is 0.350 e. The summed E-state index contributed by atoms with van der Waals surface area (Å²) in [5.74, 6) is 0.0124. The molecule has 0 aliphatic rings. The van der Waals surface area contributed by atoms with Crippen LogP contribution in [0.15, 0.2) is 43.0 Å². The summed E-state index contributed by atoms with van der Waals surface area (Å²) in [7, 11) is 0. The number of hydrogen-bond donors (Lipinski definition) is 1. The molecule has 3 heterocycles. The number of benzene rings is 1. The van der Waals surface area contributed by atoms with Crippen molar-refractivity contribution in [1.29, 1.82) is 0 Å². The first kappa shape index (κ1) is 19.8. The molecular formula is C22H25N7O. The smallest absolute Gasteiger partial charge is 0.220 e. The van der Waals surface area contributed by atoms with Crippen molar-refractivity contribution in [3.05, 3.63) is 71.2 Å². The molecule has 0 aliphatic heterocycles. The van der Waals surface area contributed by atoms with Gasteiger partial charge in [0.15, 0.2) is 5.65 Å². The van der Waals surface area contributed by atoms with Gasteiger partial charge < -0.3 is 5.32 Å². The maximum absolute atomic E-state index is 12.6. The van der Waals surface area contributed by atoms with E-state index < -0.39 is 0 Å². The van der Waals surface area contributed by atoms with E-state index in [2.05, 4.69) is 25.5 Å². The zero-order valence-corrected chi connectivity index (χ0v) is 17.6. The van der Waals surface area contributed by atoms with E-state index in [0.717, 1.165) is 39.5 Å². The first-order chi connectivity index (χ1) is 14.4. The van der Waals surface area contributed by atoms with E-state index in [4.69, 9.17) is 0 Å². The van der Waals surface area contributed by atoms with Crippen LogP contribution in [-0.4, -0.2) is 35.3 Å². The lowest BCUT2D eigenvalue weighted by atomic mass is 10.0. The number of amides is 1. The summed E-state index contributed by atoms with van der Waals surface area (Å²) in [5, 5.41) is 11.7. The van der Waals surface area contributed by atoms with Gasteiger partial charge >= 0.3 is 0 Å². The molecule has 1 atom stereocenters. The van der Waals surface area contributed by atoms with E-state index in [1.165, 1.54) is 6.33 Å². The van der Waals surface area contributed by atoms with Gasteiger partial charge in [0.25, 0.3) is 0 Å². The Morgan fingerprint density at radius 1 is 1.17 bits per heavy atom. The minimum Gasteiger partial charge on any atom is -0.350 e. The van der Waals surface area contributed by atoms with Crippen LogP contribution in [0.3, 0.4) is 0 Å². The second kappa shape index (κ2) is 8.06. The molecule has 0 fully saturated rings. The molecule has 8 heteroatoms. The number of carbonyl (C=O) groups excluding carboxylic acids is 1. The molecular weight excluding hydrogens is 378 g/mol. The van der Waals surface area contributed by atoms with Gasteiger partial charge in [-0.25, -0.2) is 19.2 Å². The first-order valence-corrected chi connectivity index (χ1v) is 9.99. The summed E-state index contributed by atoms with van der Waals surface area (Å²) in [4.78, 5) is 21.2. The molecule has 0 aliphatic carbocycles. The van der Waals surface area contributed by atoms with Crippen LogP contribution in [0.4, 0.5) is 0 Å². The molecule has 0 radical (unpaired) electrons. The molecule has 3 aromatic heterocycles. The molecule has 8 nitrogen and oxygen atoms in total. The topological polar surface area (TPSA) is 90.0 Å². The highest BCUT2D eigenvalue weighted by Gasteiger charge is 2.14. The highest BCUT2D eigenvalue weighted by molar-refractivity contribution is 5.76. The summed E-state index contributed by atoms with van der Waals surface area (Å²) in [5.41, 5.74) is 6.81. The van der Waals surface area contributed by atoms with Crippen LogP contribution in [0.25, 0.3) is 11.3 Å². The van der Waals surface area contributed by atoms with Crippen LogP contribution in [0.2, 0.25) is 0 Å². The quantitative estimate of drug-likeness (QED) is 0.534. The number of nitrogens with zero attached hydrogens (tertiary/aromatic N) is 6. The van der Waals surface area contributed by atoms with Crippen molar-refractivity contribution in [3.63, 3.8) is 0 Å². The second-order valence-corrected chi connectivity index (χ2v) is 7.54. The number of aromatic nitrogens is 6. The van der Waals surface area contributed by atoms with Gasteiger partial charge in [0.2, 0.25) is 5.91 Å². The van der Waals surface area contributed by atoms with Crippen molar-refractivity contribution in [1.82, 2.24) is 34.7 Å². The Morgan fingerprint density at radius 3 is 2.63 bits per heavy atom. The maximum atomic E-state index is 12.6. The number of fused-ring (bicyclic) bond motifs is 1. The van der Waals surface area contributed by atoms with Crippen molar-refractivity contribution < 1.29 is 4.79 Å². The van der Waals surface area contributed by atoms with Crippen molar-refractivity contribution >= 4 is 11.6 Å². The summed E-state index contributed by atoms with van der Waals surface area (Å²) in [6.07, 6.45) is 4.18. The molecule has 0 saturated heterocycles. The third-order valence-corrected chi connectivity index (χ3v) is 5.34. The Kier molecular flexibility index (Phi) is 5.31. The van der Waals surface area contributed by atoms with E-state index in [1.807, 2.05) is 62.5 Å². The van der Waals surface area contributed by atoms with Gasteiger partial charge in [-0.3, -0.25) is 4.79 Å². The van der Waals surface area contributed by atoms with Gasteiger partial charge in [-0.2, -0.15) is 10.2 Å². The molecule has 30 heavy (non-hydrogen) atoms. The molecule has 0 unspecified atom stereocenters. The highest BCUT2D eigenvalue weighted by Crippen LogP contribution is 2.18. The van der Waals surface area contributed by atoms with Crippen LogP contribution in [0, 0.1) is 20.8 Å². The zero-order chi connectivity index (χ0) is 21.3. The summed E-state index contributed by atoms with van der Waals surface area (Å²) < 4.78 is 3.55. The van der Waals surface area contributed by atoms with Gasteiger partial charge in [-0.15, -0.1) is 0 Å². The van der Waals surface area contributed by atoms with Gasteiger partial charge in [0.05, 0.1) is 17.4 Å². The first-order valence-electron chi connectivity index (χ1n) is 9.99. The van der Waals surface area contributed by atoms with Gasteiger partial charge in [-0.05, 0) is 57.4 Å². The molecule has 1 amide bonds. The fraction of sp³-hybridized carbons (Fsp3) is 0.318. The standard InChI is InChI=1S/C22H25N7O/c1-14-11-21-25-16(3)20(17(4)29(21)27-14)9-10-22(30)26-15(2)18-5-7-19(8-6-18)28-13-23-12-24-28/h5-8,11-13,15H,9-10H2,1-4H3,(H,26,30)/t15-/m0/s1. The number of hydrogen-bond acceptors (Lipinski definition) is 5. The van der Waals surface area contributed by atoms with Gasteiger partial charge in [0.1, 0.15) is 12.7 Å². The van der Waals surface area contributed by atoms with Gasteiger partial charge in [-0.1, -0.05) is 12.1 Å². The molecule has 0 bridgehead atoms. The molecule has 0 spiro atoms. The van der Waals surface area contributed by atoms with Crippen molar-refractivity contribution in [2.45, 2.75) is 46.6 Å². The van der Waals surface area contributed by atoms with Crippen LogP contribution < -0.4 is 5.32 Å². The fourth-order valence-corrected chi connectivity index (χ4v) is 3.70. The summed E-state index contributed by atoms with van der Waals surface area (Å²) in [6.45, 7) is 7.96. The minimum atomic E-state index is -0.0844. The number of nitrogens with one attached hydrogen (secondary N) is 1. The van der Waals surface area contributed by atoms with E-state index in [-0.39, 0.29) is 11.9 Å². The number of aryl methyl sites for hydroxylation is 3. The average Bonchev–Trinajstić information content (AvgIpc) is 3.37. The van der Waals surface area contributed by atoms with Crippen molar-refractivity contribution in [2.24, 2.45) is 0 Å². The number of carbonyl (C=O) groups is 1. The molecule has 1 aromatic carbocycles. The van der Waals surface area contributed by atoms with Crippen LogP contribution >= 0.6 is 0 Å². The van der Waals surface area contributed by atoms with Crippen molar-refractivity contribution in [3.8, 4) is 5.69 Å². The van der Waals surface area contributed by atoms with Crippen molar-refractivity contribution in [2.75, 3.05) is 0 Å². The lowest BCUT2D eigenvalue weighted by molar-refractivity contribution is -0.121. The monoisotopic (exact) mass is 403 g/mol.